The molecule has 0 atom stereocenters. The molecular weight excluding hydrogens is 294 g/mol. The van der Waals surface area contributed by atoms with Crippen LogP contribution in [0.1, 0.15) is 18.4 Å². The molecule has 0 N–H and O–H groups in total. The van der Waals surface area contributed by atoms with Gasteiger partial charge in [-0.15, -0.1) is 0 Å². The van der Waals surface area contributed by atoms with Crippen molar-refractivity contribution in [2.45, 2.75) is 24.1 Å². The van der Waals surface area contributed by atoms with E-state index in [1.165, 1.54) is 0 Å². The van der Waals surface area contributed by atoms with E-state index in [-0.39, 0.29) is 5.91 Å². The fourth-order valence-electron chi connectivity index (χ4n) is 2.13. The van der Waals surface area contributed by atoms with Gasteiger partial charge in [-0.3, -0.25) is 4.79 Å². The van der Waals surface area contributed by atoms with Crippen molar-refractivity contribution in [3.8, 4) is 5.75 Å². The van der Waals surface area contributed by atoms with Crippen LogP contribution in [0.2, 0.25) is 0 Å². The number of ether oxygens (including phenoxy) is 1. The summed E-state index contributed by atoms with van der Waals surface area (Å²) in [5.41, 5.74) is 1.04. The highest BCUT2D eigenvalue weighted by Crippen LogP contribution is 2.18. The Hall–Kier alpha value is -1.03. The van der Waals surface area contributed by atoms with Crippen molar-refractivity contribution in [1.82, 2.24) is 4.90 Å². The van der Waals surface area contributed by atoms with Gasteiger partial charge < -0.3 is 9.64 Å². The van der Waals surface area contributed by atoms with Gasteiger partial charge in [0.25, 0.3) is 0 Å². The van der Waals surface area contributed by atoms with Crippen LogP contribution in [0.5, 0.6) is 5.75 Å². The number of likely N-dealkylation sites (tertiary alicyclic amines) is 1. The molecular formula is C14H18BrNO2. The van der Waals surface area contributed by atoms with Gasteiger partial charge in [0.05, 0.1) is 13.5 Å². The van der Waals surface area contributed by atoms with Gasteiger partial charge in [-0.2, -0.15) is 0 Å². The number of nitrogens with zero attached hydrogens (tertiary/aromatic N) is 1. The maximum absolute atomic E-state index is 12.1. The second-order valence-corrected chi connectivity index (χ2v) is 5.88. The Kier molecular flexibility index (Phi) is 4.64. The lowest BCUT2D eigenvalue weighted by Gasteiger charge is -2.29. The average molecular weight is 312 g/mol. The van der Waals surface area contributed by atoms with Gasteiger partial charge in [-0.05, 0) is 30.5 Å². The Bertz CT molecular complexity index is 397. The number of carbonyl (C=O) groups excluding carboxylic acids is 1. The number of methoxy groups -OCH3 is 1. The van der Waals surface area contributed by atoms with Gasteiger partial charge in [0.2, 0.25) is 5.91 Å². The molecule has 1 aromatic carbocycles. The van der Waals surface area contributed by atoms with E-state index in [9.17, 15) is 4.79 Å². The smallest absolute Gasteiger partial charge is 0.226 e. The van der Waals surface area contributed by atoms with Crippen LogP contribution in [0.25, 0.3) is 0 Å². The lowest BCUT2D eigenvalue weighted by atomic mass is 10.1. The molecule has 2 rings (SSSR count). The topological polar surface area (TPSA) is 29.5 Å². The van der Waals surface area contributed by atoms with Gasteiger partial charge in [-0.25, -0.2) is 0 Å². The highest BCUT2D eigenvalue weighted by molar-refractivity contribution is 9.09. The lowest BCUT2D eigenvalue weighted by molar-refractivity contribution is -0.131. The summed E-state index contributed by atoms with van der Waals surface area (Å²) in [4.78, 5) is 14.6. The third-order valence-corrected chi connectivity index (χ3v) is 4.21. The van der Waals surface area contributed by atoms with Crippen molar-refractivity contribution in [3.05, 3.63) is 29.8 Å². The second-order valence-electron chi connectivity index (χ2n) is 4.58. The van der Waals surface area contributed by atoms with Gasteiger partial charge in [0, 0.05) is 17.9 Å². The van der Waals surface area contributed by atoms with Crippen LogP contribution >= 0.6 is 15.9 Å². The van der Waals surface area contributed by atoms with E-state index >= 15 is 0 Å². The molecule has 0 saturated carbocycles. The number of halogens is 1. The van der Waals surface area contributed by atoms with Gasteiger partial charge in [0.15, 0.2) is 0 Å². The van der Waals surface area contributed by atoms with E-state index in [2.05, 4.69) is 15.9 Å². The van der Waals surface area contributed by atoms with E-state index in [0.29, 0.717) is 11.2 Å². The molecule has 4 heteroatoms. The summed E-state index contributed by atoms with van der Waals surface area (Å²) in [6.07, 6.45) is 2.58. The van der Waals surface area contributed by atoms with Crippen LogP contribution < -0.4 is 4.74 Å². The molecule has 0 bridgehead atoms. The Morgan fingerprint density at radius 3 is 2.50 bits per heavy atom. The monoisotopic (exact) mass is 311 g/mol. The zero-order valence-electron chi connectivity index (χ0n) is 10.6. The van der Waals surface area contributed by atoms with Crippen molar-refractivity contribution in [3.63, 3.8) is 0 Å². The normalized spacial score (nSPS) is 16.7. The van der Waals surface area contributed by atoms with Crippen molar-refractivity contribution in [2.75, 3.05) is 20.2 Å². The summed E-state index contributed by atoms with van der Waals surface area (Å²) in [6, 6.07) is 7.70. The number of hydrogen-bond donors (Lipinski definition) is 0. The number of benzene rings is 1. The summed E-state index contributed by atoms with van der Waals surface area (Å²) in [6.45, 7) is 1.73. The first-order chi connectivity index (χ1) is 8.69. The quantitative estimate of drug-likeness (QED) is 0.803. The number of piperidine rings is 1. The Morgan fingerprint density at radius 1 is 1.33 bits per heavy atom. The lowest BCUT2D eigenvalue weighted by Crippen LogP contribution is -2.39. The molecule has 0 radical (unpaired) electrons. The van der Waals surface area contributed by atoms with Crippen LogP contribution in [-0.2, 0) is 11.2 Å². The molecule has 98 valence electrons. The van der Waals surface area contributed by atoms with E-state index in [4.69, 9.17) is 4.74 Å². The van der Waals surface area contributed by atoms with E-state index < -0.39 is 0 Å². The molecule has 0 aromatic heterocycles. The van der Waals surface area contributed by atoms with Gasteiger partial charge in [0.1, 0.15) is 5.75 Å². The minimum absolute atomic E-state index is 0.222. The van der Waals surface area contributed by atoms with E-state index in [1.807, 2.05) is 29.2 Å². The van der Waals surface area contributed by atoms with Gasteiger partial charge in [-0.1, -0.05) is 28.1 Å². The molecule has 0 unspecified atom stereocenters. The summed E-state index contributed by atoms with van der Waals surface area (Å²) < 4.78 is 5.10. The molecule has 1 fully saturated rings. The first-order valence-corrected chi connectivity index (χ1v) is 7.15. The molecule has 1 saturated heterocycles. The SMILES string of the molecule is COc1ccc(CC(=O)N2CCC(Br)CC2)cc1. The Labute approximate surface area is 116 Å². The maximum atomic E-state index is 12.1. The maximum Gasteiger partial charge on any atom is 0.226 e. The fourth-order valence-corrected chi connectivity index (χ4v) is 2.54. The predicted octanol–water partition coefficient (Wildman–Crippen LogP) is 2.62. The number of hydrogen-bond acceptors (Lipinski definition) is 2. The van der Waals surface area contributed by atoms with Crippen molar-refractivity contribution in [2.24, 2.45) is 0 Å². The van der Waals surface area contributed by atoms with Crippen molar-refractivity contribution >= 4 is 21.8 Å². The van der Waals surface area contributed by atoms with Crippen molar-refractivity contribution in [1.29, 1.82) is 0 Å². The first-order valence-electron chi connectivity index (χ1n) is 6.24. The van der Waals surface area contributed by atoms with E-state index in [1.54, 1.807) is 7.11 Å². The molecule has 1 aromatic rings. The summed E-state index contributed by atoms with van der Waals surface area (Å²) >= 11 is 3.60. The van der Waals surface area contributed by atoms with Crippen LogP contribution in [0.15, 0.2) is 24.3 Å². The largest absolute Gasteiger partial charge is 0.497 e. The van der Waals surface area contributed by atoms with E-state index in [0.717, 1.165) is 37.2 Å². The molecule has 0 spiro atoms. The van der Waals surface area contributed by atoms with Crippen molar-refractivity contribution < 1.29 is 9.53 Å². The molecule has 1 amide bonds. The Morgan fingerprint density at radius 2 is 1.94 bits per heavy atom. The van der Waals surface area contributed by atoms with Gasteiger partial charge >= 0.3 is 0 Å². The van der Waals surface area contributed by atoms with Crippen LogP contribution in [0.3, 0.4) is 0 Å². The minimum Gasteiger partial charge on any atom is -0.497 e. The molecule has 1 aliphatic heterocycles. The number of alkyl halides is 1. The first kappa shape index (κ1) is 13.4. The molecule has 3 nitrogen and oxygen atoms in total. The number of carbonyl (C=O) groups is 1. The third kappa shape index (κ3) is 3.48. The highest BCUT2D eigenvalue weighted by atomic mass is 79.9. The number of rotatable bonds is 3. The highest BCUT2D eigenvalue weighted by Gasteiger charge is 2.20. The second kappa shape index (κ2) is 6.23. The fraction of sp³-hybridized carbons (Fsp3) is 0.500. The van der Waals surface area contributed by atoms with Crippen LogP contribution in [0, 0.1) is 0 Å². The van der Waals surface area contributed by atoms with Crippen LogP contribution in [0.4, 0.5) is 0 Å². The summed E-state index contributed by atoms with van der Waals surface area (Å²) in [5.74, 6) is 1.05. The standard InChI is InChI=1S/C14H18BrNO2/c1-18-13-4-2-11(3-5-13)10-14(17)16-8-6-12(15)7-9-16/h2-5,12H,6-10H2,1H3. The number of amides is 1. The minimum atomic E-state index is 0.222. The molecule has 18 heavy (non-hydrogen) atoms. The zero-order valence-corrected chi connectivity index (χ0v) is 12.1. The molecule has 0 aliphatic carbocycles. The van der Waals surface area contributed by atoms with Crippen LogP contribution in [-0.4, -0.2) is 35.8 Å². The zero-order chi connectivity index (χ0) is 13.0. The third-order valence-electron chi connectivity index (χ3n) is 3.29. The molecule has 1 heterocycles. The Balaban J connectivity index is 1.90. The average Bonchev–Trinajstić information content (AvgIpc) is 2.40. The summed E-state index contributed by atoms with van der Waals surface area (Å²) in [7, 11) is 1.64. The summed E-state index contributed by atoms with van der Waals surface area (Å²) in [5, 5.41) is 0. The molecule has 1 aliphatic rings. The predicted molar refractivity (Wildman–Crippen MR) is 75.2 cm³/mol.